The fourth-order valence-electron chi connectivity index (χ4n) is 10.4. The second-order valence-electron chi connectivity index (χ2n) is 23.8. The highest BCUT2D eigenvalue weighted by atomic mass is 16.6. The minimum atomic E-state index is -0.771. The molecule has 6 heteroatoms. The second-order valence-corrected chi connectivity index (χ2v) is 23.8. The Balaban J connectivity index is 3.99. The van der Waals surface area contributed by atoms with Gasteiger partial charge in [-0.15, -0.1) is 0 Å². The van der Waals surface area contributed by atoms with Gasteiger partial charge in [0.25, 0.3) is 0 Å². The molecule has 0 aromatic heterocycles. The van der Waals surface area contributed by atoms with Crippen LogP contribution < -0.4 is 0 Å². The number of carbonyl (C=O) groups excluding carboxylic acids is 3. The van der Waals surface area contributed by atoms with Gasteiger partial charge in [0.2, 0.25) is 0 Å². The average Bonchev–Trinajstić information content (AvgIpc) is 3.47. The van der Waals surface area contributed by atoms with Crippen molar-refractivity contribution in [2.45, 2.75) is 374 Å². The summed E-state index contributed by atoms with van der Waals surface area (Å²) in [5.41, 5.74) is 0. The zero-order chi connectivity index (χ0) is 58.5. The molecule has 0 N–H and O–H groups in total. The van der Waals surface area contributed by atoms with Crippen LogP contribution in [0.3, 0.4) is 0 Å². The summed E-state index contributed by atoms with van der Waals surface area (Å²) in [6, 6.07) is 0. The maximum absolute atomic E-state index is 12.9. The first-order valence-electron chi connectivity index (χ1n) is 35.4. The van der Waals surface area contributed by atoms with Gasteiger partial charge >= 0.3 is 17.9 Å². The fourth-order valence-corrected chi connectivity index (χ4v) is 10.4. The van der Waals surface area contributed by atoms with Crippen molar-refractivity contribution in [1.29, 1.82) is 0 Å². The van der Waals surface area contributed by atoms with Crippen LogP contribution in [0.15, 0.2) is 72.9 Å². The first-order valence-corrected chi connectivity index (χ1v) is 35.4. The molecule has 0 aliphatic carbocycles. The number of esters is 3. The monoisotopic (exact) mass is 1130 g/mol. The van der Waals surface area contributed by atoms with Gasteiger partial charge in [-0.3, -0.25) is 14.4 Å². The summed E-state index contributed by atoms with van der Waals surface area (Å²) in [5.74, 6) is -0.858. The lowest BCUT2D eigenvalue weighted by molar-refractivity contribution is -0.167. The molecule has 0 fully saturated rings. The number of carbonyl (C=O) groups is 3. The van der Waals surface area contributed by atoms with Crippen molar-refractivity contribution in [1.82, 2.24) is 0 Å². The highest BCUT2D eigenvalue weighted by molar-refractivity contribution is 5.71. The number of unbranched alkanes of at least 4 members (excludes halogenated alkanes) is 42. The lowest BCUT2D eigenvalue weighted by atomic mass is 10.0. The fraction of sp³-hybridized carbons (Fsp3) is 0.800. The van der Waals surface area contributed by atoms with Crippen LogP contribution in [0.4, 0.5) is 0 Å². The van der Waals surface area contributed by atoms with Crippen molar-refractivity contribution in [2.75, 3.05) is 13.2 Å². The van der Waals surface area contributed by atoms with E-state index < -0.39 is 6.10 Å². The van der Waals surface area contributed by atoms with Crippen LogP contribution in [-0.2, 0) is 28.6 Å². The molecule has 0 rings (SSSR count). The van der Waals surface area contributed by atoms with Crippen LogP contribution in [-0.4, -0.2) is 37.2 Å². The summed E-state index contributed by atoms with van der Waals surface area (Å²) >= 11 is 0. The van der Waals surface area contributed by atoms with E-state index in [4.69, 9.17) is 14.2 Å². The molecule has 0 saturated carbocycles. The van der Waals surface area contributed by atoms with Crippen LogP contribution in [0.2, 0.25) is 0 Å². The molecule has 0 spiro atoms. The van der Waals surface area contributed by atoms with Gasteiger partial charge in [0.1, 0.15) is 13.2 Å². The van der Waals surface area contributed by atoms with Gasteiger partial charge in [-0.25, -0.2) is 0 Å². The normalized spacial score (nSPS) is 12.5. The van der Waals surface area contributed by atoms with Gasteiger partial charge in [0.15, 0.2) is 6.10 Å². The van der Waals surface area contributed by atoms with E-state index in [0.29, 0.717) is 19.3 Å². The number of ether oxygens (including phenoxy) is 3. The molecular formula is C75H134O6. The van der Waals surface area contributed by atoms with Crippen molar-refractivity contribution in [3.8, 4) is 0 Å². The molecule has 1 atom stereocenters. The number of rotatable bonds is 65. The maximum atomic E-state index is 12.9. The Morgan fingerprint density at radius 2 is 0.481 bits per heavy atom. The average molecular weight is 1130 g/mol. The first-order chi connectivity index (χ1) is 40.0. The molecule has 0 heterocycles. The summed E-state index contributed by atoms with van der Waals surface area (Å²) < 4.78 is 16.9. The van der Waals surface area contributed by atoms with Crippen LogP contribution in [0, 0.1) is 0 Å². The van der Waals surface area contributed by atoms with Crippen LogP contribution >= 0.6 is 0 Å². The highest BCUT2D eigenvalue weighted by Gasteiger charge is 2.19. The van der Waals surface area contributed by atoms with Crippen molar-refractivity contribution < 1.29 is 28.6 Å². The van der Waals surface area contributed by atoms with E-state index in [-0.39, 0.29) is 31.1 Å². The van der Waals surface area contributed by atoms with Gasteiger partial charge in [0.05, 0.1) is 0 Å². The summed E-state index contributed by atoms with van der Waals surface area (Å²) in [7, 11) is 0. The Morgan fingerprint density at radius 1 is 0.259 bits per heavy atom. The van der Waals surface area contributed by atoms with Gasteiger partial charge in [-0.05, 0) is 89.9 Å². The van der Waals surface area contributed by atoms with E-state index in [1.165, 1.54) is 238 Å². The van der Waals surface area contributed by atoms with Gasteiger partial charge in [-0.2, -0.15) is 0 Å². The Morgan fingerprint density at radius 3 is 0.765 bits per heavy atom. The highest BCUT2D eigenvalue weighted by Crippen LogP contribution is 2.18. The third-order valence-corrected chi connectivity index (χ3v) is 15.7. The van der Waals surface area contributed by atoms with E-state index in [9.17, 15) is 14.4 Å². The molecule has 0 bridgehead atoms. The third kappa shape index (κ3) is 67.5. The predicted molar refractivity (Wildman–Crippen MR) is 353 cm³/mol. The number of hydrogen-bond acceptors (Lipinski definition) is 6. The largest absolute Gasteiger partial charge is 0.462 e. The summed E-state index contributed by atoms with van der Waals surface area (Å²) in [6.45, 7) is 6.53. The molecule has 0 aliphatic rings. The van der Waals surface area contributed by atoms with E-state index in [1.54, 1.807) is 0 Å². The summed E-state index contributed by atoms with van der Waals surface area (Å²) in [5, 5.41) is 0. The Kier molecular flexibility index (Phi) is 66.6. The van der Waals surface area contributed by atoms with Crippen molar-refractivity contribution in [3.05, 3.63) is 72.9 Å². The van der Waals surface area contributed by atoms with Crippen molar-refractivity contribution >= 4 is 17.9 Å². The van der Waals surface area contributed by atoms with E-state index in [0.717, 1.165) is 89.9 Å². The standard InChI is InChI=1S/C75H134O6/c1-4-7-10-13-16-18-20-22-24-26-28-30-31-32-33-34-35-36-37-38-39-40-41-42-43-45-46-48-50-52-54-56-59-62-65-68-74(77)80-71-72(70-79-73(76)67-64-61-58-15-12-9-6-3)81-75(78)69-66-63-60-57-55-53-51-49-47-44-29-27-25-23-21-19-17-14-11-8-5-2/h7,10,16,18,22,24,27-30,32-33,72H,4-6,8-9,11-15,17,19-21,23,25-26,31,34-71H2,1-3H3/b10-7-,18-16-,24-22-,29-27-,30-28-,33-32-. The predicted octanol–water partition coefficient (Wildman–Crippen LogP) is 24.4. The van der Waals surface area contributed by atoms with Gasteiger partial charge in [0, 0.05) is 19.3 Å². The molecule has 470 valence electrons. The van der Waals surface area contributed by atoms with Crippen molar-refractivity contribution in [2.24, 2.45) is 0 Å². The topological polar surface area (TPSA) is 78.9 Å². The molecule has 0 aliphatic heterocycles. The molecular weight excluding hydrogens is 997 g/mol. The molecule has 1 unspecified atom stereocenters. The SMILES string of the molecule is CC/C=C\C/C=C\C/C=C\C/C=C\C/C=C\CCCCCCCCCCCCCCCCCCCCCC(=O)OCC(COC(=O)CCCCCCCCC)OC(=O)CCCCCCCCCCC/C=C\CCCCCCCCCC. The zero-order valence-corrected chi connectivity index (χ0v) is 54.1. The van der Waals surface area contributed by atoms with E-state index >= 15 is 0 Å². The van der Waals surface area contributed by atoms with Crippen LogP contribution in [0.25, 0.3) is 0 Å². The van der Waals surface area contributed by atoms with Crippen LogP contribution in [0.1, 0.15) is 367 Å². The molecule has 0 saturated heterocycles. The molecule has 6 nitrogen and oxygen atoms in total. The minimum Gasteiger partial charge on any atom is -0.462 e. The number of hydrogen-bond donors (Lipinski definition) is 0. The maximum Gasteiger partial charge on any atom is 0.306 e. The summed E-state index contributed by atoms with van der Waals surface area (Å²) in [6.07, 6.45) is 91.1. The minimum absolute atomic E-state index is 0.0703. The number of allylic oxidation sites excluding steroid dienone is 12. The quantitative estimate of drug-likeness (QED) is 0.0261. The molecule has 81 heavy (non-hydrogen) atoms. The molecule has 0 aromatic carbocycles. The van der Waals surface area contributed by atoms with Gasteiger partial charge < -0.3 is 14.2 Å². The lowest BCUT2D eigenvalue weighted by Crippen LogP contribution is -2.30. The Hall–Kier alpha value is -3.15. The Bertz CT molecular complexity index is 1490. The summed E-state index contributed by atoms with van der Waals surface area (Å²) in [4.78, 5) is 38.2. The first kappa shape index (κ1) is 77.9. The zero-order valence-electron chi connectivity index (χ0n) is 54.1. The van der Waals surface area contributed by atoms with Crippen molar-refractivity contribution in [3.63, 3.8) is 0 Å². The van der Waals surface area contributed by atoms with E-state index in [2.05, 4.69) is 93.7 Å². The van der Waals surface area contributed by atoms with Gasteiger partial charge in [-0.1, -0.05) is 331 Å². The second kappa shape index (κ2) is 69.3. The van der Waals surface area contributed by atoms with E-state index in [1.807, 2.05) is 0 Å². The molecule has 0 radical (unpaired) electrons. The molecule has 0 amide bonds. The third-order valence-electron chi connectivity index (χ3n) is 15.7. The smallest absolute Gasteiger partial charge is 0.306 e. The lowest BCUT2D eigenvalue weighted by Gasteiger charge is -2.18. The molecule has 0 aromatic rings. The van der Waals surface area contributed by atoms with Crippen LogP contribution in [0.5, 0.6) is 0 Å². The Labute approximate surface area is 503 Å².